The van der Waals surface area contributed by atoms with Crippen molar-refractivity contribution in [1.29, 1.82) is 0 Å². The third-order valence-electron chi connectivity index (χ3n) is 5.54. The van der Waals surface area contributed by atoms with E-state index in [1.54, 1.807) is 23.5 Å². The standard InChI is InChI=1S/C29H23N3S2/c1-33-26-11-3-20(4-12-26)18-30-24-9-7-22-15-23-8-10-25(17-29(23)32-28(22)16-24)31-19-21-5-13-27(34-2)14-6-21/h3-19H,1-2H3. The summed E-state index contributed by atoms with van der Waals surface area (Å²) in [6, 6.07) is 31.2. The molecule has 0 bridgehead atoms. The van der Waals surface area contributed by atoms with E-state index in [1.807, 2.05) is 36.7 Å². The van der Waals surface area contributed by atoms with E-state index in [0.29, 0.717) is 0 Å². The van der Waals surface area contributed by atoms with Crippen molar-refractivity contribution >= 4 is 69.1 Å². The molecule has 1 heterocycles. The third-order valence-corrected chi connectivity index (χ3v) is 7.02. The van der Waals surface area contributed by atoms with Gasteiger partial charge in [-0.2, -0.15) is 0 Å². The van der Waals surface area contributed by atoms with Gasteiger partial charge < -0.3 is 0 Å². The zero-order valence-corrected chi connectivity index (χ0v) is 20.6. The minimum atomic E-state index is 0.885. The first-order valence-electron chi connectivity index (χ1n) is 10.9. The van der Waals surface area contributed by atoms with Crippen molar-refractivity contribution in [3.63, 3.8) is 0 Å². The number of thioether (sulfide) groups is 2. The highest BCUT2D eigenvalue weighted by Crippen LogP contribution is 2.27. The van der Waals surface area contributed by atoms with Gasteiger partial charge in [-0.15, -0.1) is 23.5 Å². The second kappa shape index (κ2) is 10.2. The van der Waals surface area contributed by atoms with E-state index >= 15 is 0 Å². The Morgan fingerprint density at radius 3 is 1.41 bits per heavy atom. The Labute approximate surface area is 208 Å². The maximum absolute atomic E-state index is 4.90. The van der Waals surface area contributed by atoms with Crippen molar-refractivity contribution in [2.24, 2.45) is 9.98 Å². The Hall–Kier alpha value is -3.41. The number of aromatic nitrogens is 1. The van der Waals surface area contributed by atoms with E-state index in [1.165, 1.54) is 9.79 Å². The van der Waals surface area contributed by atoms with Crippen LogP contribution in [0.15, 0.2) is 111 Å². The van der Waals surface area contributed by atoms with Gasteiger partial charge >= 0.3 is 0 Å². The van der Waals surface area contributed by atoms with Crippen LogP contribution >= 0.6 is 23.5 Å². The molecule has 5 heteroatoms. The van der Waals surface area contributed by atoms with Crippen molar-refractivity contribution in [1.82, 2.24) is 4.98 Å². The maximum Gasteiger partial charge on any atom is 0.0731 e. The molecule has 0 unspecified atom stereocenters. The van der Waals surface area contributed by atoms with Gasteiger partial charge in [0.15, 0.2) is 0 Å². The van der Waals surface area contributed by atoms with Crippen LogP contribution in [0.5, 0.6) is 0 Å². The zero-order valence-electron chi connectivity index (χ0n) is 19.0. The summed E-state index contributed by atoms with van der Waals surface area (Å²) < 4.78 is 0. The van der Waals surface area contributed by atoms with Crippen LogP contribution in [0.2, 0.25) is 0 Å². The largest absolute Gasteiger partial charge is 0.256 e. The van der Waals surface area contributed by atoms with Gasteiger partial charge in [0.2, 0.25) is 0 Å². The van der Waals surface area contributed by atoms with Gasteiger partial charge in [-0.3, -0.25) is 9.98 Å². The van der Waals surface area contributed by atoms with Gasteiger partial charge in [-0.25, -0.2) is 4.98 Å². The number of aliphatic imine (C=N–C) groups is 2. The first kappa shape index (κ1) is 22.4. The smallest absolute Gasteiger partial charge is 0.0731 e. The monoisotopic (exact) mass is 477 g/mol. The van der Waals surface area contributed by atoms with Gasteiger partial charge in [0, 0.05) is 33.0 Å². The van der Waals surface area contributed by atoms with E-state index < -0.39 is 0 Å². The lowest BCUT2D eigenvalue weighted by atomic mass is 10.1. The molecule has 0 amide bonds. The van der Waals surface area contributed by atoms with E-state index in [-0.39, 0.29) is 0 Å². The maximum atomic E-state index is 4.90. The normalized spacial score (nSPS) is 11.8. The summed E-state index contributed by atoms with van der Waals surface area (Å²) in [7, 11) is 0. The molecule has 0 atom stereocenters. The summed E-state index contributed by atoms with van der Waals surface area (Å²) in [5, 5.41) is 2.20. The van der Waals surface area contributed by atoms with Crippen molar-refractivity contribution in [2.45, 2.75) is 9.79 Å². The van der Waals surface area contributed by atoms with Crippen LogP contribution in [0, 0.1) is 0 Å². The Morgan fingerprint density at radius 1 is 0.559 bits per heavy atom. The van der Waals surface area contributed by atoms with Crippen LogP contribution in [0.3, 0.4) is 0 Å². The lowest BCUT2D eigenvalue weighted by Gasteiger charge is -2.04. The number of nitrogens with zero attached hydrogens (tertiary/aromatic N) is 3. The van der Waals surface area contributed by atoms with Crippen LogP contribution in [-0.4, -0.2) is 29.9 Å². The Balaban J connectivity index is 1.41. The number of rotatable bonds is 6. The molecule has 0 saturated carbocycles. The SMILES string of the molecule is CSc1ccc(C=Nc2ccc3cc4ccc(N=Cc5ccc(SC)cc5)cc4nc3c2)cc1. The molecule has 0 aliphatic carbocycles. The number of fused-ring (bicyclic) bond motifs is 2. The van der Waals surface area contributed by atoms with Crippen LogP contribution in [0.25, 0.3) is 21.8 Å². The van der Waals surface area contributed by atoms with Crippen LogP contribution in [-0.2, 0) is 0 Å². The van der Waals surface area contributed by atoms with Crippen LogP contribution in [0.4, 0.5) is 11.4 Å². The number of hydrogen-bond acceptors (Lipinski definition) is 5. The predicted molar refractivity (Wildman–Crippen MR) is 150 cm³/mol. The van der Waals surface area contributed by atoms with E-state index in [4.69, 9.17) is 4.98 Å². The summed E-state index contributed by atoms with van der Waals surface area (Å²) in [4.78, 5) is 16.7. The lowest BCUT2D eigenvalue weighted by Crippen LogP contribution is -1.84. The van der Waals surface area contributed by atoms with E-state index in [2.05, 4.69) is 89.2 Å². The summed E-state index contributed by atoms with van der Waals surface area (Å²) in [5.41, 5.74) is 5.78. The van der Waals surface area contributed by atoms with Gasteiger partial charge in [-0.05, 0) is 78.2 Å². The van der Waals surface area contributed by atoms with Gasteiger partial charge in [0.05, 0.1) is 22.4 Å². The fourth-order valence-corrected chi connectivity index (χ4v) is 4.45. The summed E-state index contributed by atoms with van der Waals surface area (Å²) in [6.45, 7) is 0. The Bertz CT molecular complexity index is 1390. The summed E-state index contributed by atoms with van der Waals surface area (Å²) in [5.74, 6) is 0. The molecule has 0 radical (unpaired) electrons. The molecular weight excluding hydrogens is 454 g/mol. The predicted octanol–water partition coefficient (Wildman–Crippen LogP) is 8.33. The average molecular weight is 478 g/mol. The highest BCUT2D eigenvalue weighted by Gasteiger charge is 2.03. The fraction of sp³-hybridized carbons (Fsp3) is 0.0690. The highest BCUT2D eigenvalue weighted by molar-refractivity contribution is 7.98. The molecule has 1 aromatic heterocycles. The van der Waals surface area contributed by atoms with Crippen molar-refractivity contribution in [2.75, 3.05) is 12.5 Å². The van der Waals surface area contributed by atoms with Gasteiger partial charge in [-0.1, -0.05) is 36.4 Å². The van der Waals surface area contributed by atoms with E-state index in [0.717, 1.165) is 44.3 Å². The topological polar surface area (TPSA) is 37.6 Å². The lowest BCUT2D eigenvalue weighted by molar-refractivity contribution is 1.44. The first-order valence-corrected chi connectivity index (χ1v) is 13.4. The molecular formula is C29H23N3S2. The fourth-order valence-electron chi connectivity index (χ4n) is 3.64. The van der Waals surface area contributed by atoms with Crippen LogP contribution < -0.4 is 0 Å². The molecule has 0 saturated heterocycles. The summed E-state index contributed by atoms with van der Waals surface area (Å²) in [6.07, 6.45) is 7.94. The Kier molecular flexibility index (Phi) is 6.74. The molecule has 5 rings (SSSR count). The highest BCUT2D eigenvalue weighted by atomic mass is 32.2. The van der Waals surface area contributed by atoms with Crippen LogP contribution in [0.1, 0.15) is 11.1 Å². The average Bonchev–Trinajstić information content (AvgIpc) is 2.90. The number of benzene rings is 4. The molecule has 166 valence electrons. The second-order valence-electron chi connectivity index (χ2n) is 7.81. The Morgan fingerprint density at radius 2 is 1.00 bits per heavy atom. The zero-order chi connectivity index (χ0) is 23.3. The minimum Gasteiger partial charge on any atom is -0.256 e. The van der Waals surface area contributed by atoms with Crippen molar-refractivity contribution in [3.05, 3.63) is 102 Å². The number of hydrogen-bond donors (Lipinski definition) is 0. The molecule has 3 nitrogen and oxygen atoms in total. The molecule has 4 aromatic carbocycles. The second-order valence-corrected chi connectivity index (χ2v) is 9.56. The van der Waals surface area contributed by atoms with Crippen molar-refractivity contribution in [3.8, 4) is 0 Å². The minimum absolute atomic E-state index is 0.885. The summed E-state index contributed by atoms with van der Waals surface area (Å²) >= 11 is 3.47. The molecule has 0 spiro atoms. The molecule has 0 aliphatic rings. The first-order chi connectivity index (χ1) is 16.7. The molecule has 5 aromatic rings. The van der Waals surface area contributed by atoms with E-state index in [9.17, 15) is 0 Å². The van der Waals surface area contributed by atoms with Gasteiger partial charge in [0.25, 0.3) is 0 Å². The van der Waals surface area contributed by atoms with Gasteiger partial charge in [0.1, 0.15) is 0 Å². The third kappa shape index (κ3) is 5.22. The molecule has 0 aliphatic heterocycles. The quantitative estimate of drug-likeness (QED) is 0.140. The van der Waals surface area contributed by atoms with Crippen molar-refractivity contribution < 1.29 is 0 Å². The number of pyridine rings is 1. The molecule has 0 fully saturated rings. The molecule has 0 N–H and O–H groups in total. The molecule has 34 heavy (non-hydrogen) atoms.